The second kappa shape index (κ2) is 8.39. The summed E-state index contributed by atoms with van der Waals surface area (Å²) in [6.45, 7) is 1.82. The monoisotopic (exact) mass is 359 g/mol. The molecule has 1 atom stereocenters. The van der Waals surface area contributed by atoms with Crippen molar-refractivity contribution in [2.75, 3.05) is 13.7 Å². The zero-order valence-corrected chi connectivity index (χ0v) is 14.6. The Hall–Kier alpha value is -3.00. The van der Waals surface area contributed by atoms with E-state index < -0.39 is 17.4 Å². The van der Waals surface area contributed by atoms with Crippen LogP contribution in [0.1, 0.15) is 29.4 Å². The fourth-order valence-corrected chi connectivity index (χ4v) is 2.56. The van der Waals surface area contributed by atoms with Gasteiger partial charge in [0.2, 0.25) is 0 Å². The van der Waals surface area contributed by atoms with Gasteiger partial charge in [-0.15, -0.1) is 0 Å². The van der Waals surface area contributed by atoms with E-state index >= 15 is 0 Å². The SMILES string of the molecule is COCC(C)(CC(=O)O)NC(=O)c1ccc(=O)n(Cc2ccccc2)n1. The third kappa shape index (κ3) is 5.25. The summed E-state index contributed by atoms with van der Waals surface area (Å²) < 4.78 is 6.20. The Morgan fingerprint density at radius 1 is 1.23 bits per heavy atom. The number of ether oxygens (including phenoxy) is 1. The largest absolute Gasteiger partial charge is 0.481 e. The molecule has 1 unspecified atom stereocenters. The van der Waals surface area contributed by atoms with Crippen LogP contribution in [0.4, 0.5) is 0 Å². The molecule has 1 aromatic carbocycles. The number of carbonyl (C=O) groups is 2. The number of aromatic nitrogens is 2. The second-order valence-corrected chi connectivity index (χ2v) is 6.22. The number of rotatable bonds is 8. The van der Waals surface area contributed by atoms with Crippen LogP contribution in [0.5, 0.6) is 0 Å². The zero-order valence-electron chi connectivity index (χ0n) is 14.6. The van der Waals surface area contributed by atoms with Crippen molar-refractivity contribution >= 4 is 11.9 Å². The van der Waals surface area contributed by atoms with Crippen LogP contribution in [-0.4, -0.2) is 46.0 Å². The minimum Gasteiger partial charge on any atom is -0.481 e. The molecule has 26 heavy (non-hydrogen) atoms. The summed E-state index contributed by atoms with van der Waals surface area (Å²) in [4.78, 5) is 35.5. The third-order valence-corrected chi connectivity index (χ3v) is 3.69. The van der Waals surface area contributed by atoms with Crippen LogP contribution >= 0.6 is 0 Å². The predicted octanol–water partition coefficient (Wildman–Crippen LogP) is 0.901. The Labute approximate surface area is 150 Å². The summed E-state index contributed by atoms with van der Waals surface area (Å²) in [5.41, 5.74) is -0.543. The van der Waals surface area contributed by atoms with Crippen molar-refractivity contribution in [2.24, 2.45) is 0 Å². The van der Waals surface area contributed by atoms with E-state index in [-0.39, 0.29) is 30.8 Å². The van der Waals surface area contributed by atoms with Crippen LogP contribution in [0.2, 0.25) is 0 Å². The number of benzene rings is 1. The molecule has 138 valence electrons. The van der Waals surface area contributed by atoms with E-state index in [9.17, 15) is 14.4 Å². The van der Waals surface area contributed by atoms with Crippen molar-refractivity contribution in [3.05, 3.63) is 64.1 Å². The molecule has 0 fully saturated rings. The molecule has 2 N–H and O–H groups in total. The third-order valence-electron chi connectivity index (χ3n) is 3.69. The molecular weight excluding hydrogens is 338 g/mol. The van der Waals surface area contributed by atoms with Gasteiger partial charge in [0.1, 0.15) is 5.69 Å². The second-order valence-electron chi connectivity index (χ2n) is 6.22. The number of amides is 1. The molecule has 0 bridgehead atoms. The standard InChI is InChI=1S/C18H21N3O5/c1-18(12-26-2,10-16(23)24)19-17(25)14-8-9-15(22)21(20-14)11-13-6-4-3-5-7-13/h3-9H,10-12H2,1-2H3,(H,19,25)(H,23,24). The molecule has 0 saturated carbocycles. The highest BCUT2D eigenvalue weighted by Gasteiger charge is 2.30. The topological polar surface area (TPSA) is 111 Å². The average molecular weight is 359 g/mol. The van der Waals surface area contributed by atoms with Gasteiger partial charge in [-0.1, -0.05) is 30.3 Å². The van der Waals surface area contributed by atoms with Crippen molar-refractivity contribution in [1.29, 1.82) is 0 Å². The summed E-state index contributed by atoms with van der Waals surface area (Å²) in [5, 5.41) is 15.8. The zero-order chi connectivity index (χ0) is 19.2. The first kappa shape index (κ1) is 19.3. The van der Waals surface area contributed by atoms with E-state index in [0.717, 1.165) is 5.56 Å². The van der Waals surface area contributed by atoms with Crippen LogP contribution in [-0.2, 0) is 16.1 Å². The molecule has 0 saturated heterocycles. The Kier molecular flexibility index (Phi) is 6.24. The van der Waals surface area contributed by atoms with Crippen LogP contribution in [0.3, 0.4) is 0 Å². The van der Waals surface area contributed by atoms with E-state index in [2.05, 4.69) is 10.4 Å². The quantitative estimate of drug-likeness (QED) is 0.725. The number of carbonyl (C=O) groups excluding carboxylic acids is 1. The molecule has 8 nitrogen and oxygen atoms in total. The summed E-state index contributed by atoms with van der Waals surface area (Å²) >= 11 is 0. The minimum atomic E-state index is -1.10. The molecule has 2 aromatic rings. The van der Waals surface area contributed by atoms with Crippen molar-refractivity contribution in [1.82, 2.24) is 15.1 Å². The van der Waals surface area contributed by atoms with Crippen LogP contribution in [0, 0.1) is 0 Å². The first-order chi connectivity index (χ1) is 12.3. The van der Waals surface area contributed by atoms with E-state index in [4.69, 9.17) is 9.84 Å². The lowest BCUT2D eigenvalue weighted by molar-refractivity contribution is -0.139. The molecular formula is C18H21N3O5. The summed E-state index contributed by atoms with van der Waals surface area (Å²) in [7, 11) is 1.42. The van der Waals surface area contributed by atoms with Crippen molar-refractivity contribution < 1.29 is 19.4 Å². The van der Waals surface area contributed by atoms with Gasteiger partial charge in [-0.2, -0.15) is 5.10 Å². The fourth-order valence-electron chi connectivity index (χ4n) is 2.56. The minimum absolute atomic E-state index is 0.0215. The number of aliphatic carboxylic acids is 1. The summed E-state index contributed by atoms with van der Waals surface area (Å²) in [6.07, 6.45) is -0.309. The van der Waals surface area contributed by atoms with Gasteiger partial charge in [0, 0.05) is 13.2 Å². The van der Waals surface area contributed by atoms with Gasteiger partial charge in [-0.3, -0.25) is 14.4 Å². The van der Waals surface area contributed by atoms with Gasteiger partial charge >= 0.3 is 5.97 Å². The van der Waals surface area contributed by atoms with Gasteiger partial charge in [0.05, 0.1) is 25.1 Å². The van der Waals surface area contributed by atoms with E-state index in [1.165, 1.54) is 23.9 Å². The smallest absolute Gasteiger partial charge is 0.305 e. The Morgan fingerprint density at radius 3 is 2.54 bits per heavy atom. The average Bonchev–Trinajstić information content (AvgIpc) is 2.57. The van der Waals surface area contributed by atoms with E-state index in [1.807, 2.05) is 30.3 Å². The van der Waals surface area contributed by atoms with Crippen molar-refractivity contribution in [3.8, 4) is 0 Å². The number of nitrogens with zero attached hydrogens (tertiary/aromatic N) is 2. The maximum Gasteiger partial charge on any atom is 0.305 e. The maximum absolute atomic E-state index is 12.5. The van der Waals surface area contributed by atoms with E-state index in [1.54, 1.807) is 6.92 Å². The number of hydrogen-bond acceptors (Lipinski definition) is 5. The lowest BCUT2D eigenvalue weighted by Crippen LogP contribution is -2.51. The predicted molar refractivity (Wildman–Crippen MR) is 94.0 cm³/mol. The molecule has 0 aliphatic carbocycles. The highest BCUT2D eigenvalue weighted by Crippen LogP contribution is 2.11. The molecule has 1 aromatic heterocycles. The lowest BCUT2D eigenvalue weighted by atomic mass is 9.98. The number of carboxylic acids is 1. The van der Waals surface area contributed by atoms with Crippen LogP contribution < -0.4 is 10.9 Å². The summed E-state index contributed by atoms with van der Waals surface area (Å²) in [5.74, 6) is -1.64. The van der Waals surface area contributed by atoms with Gasteiger partial charge < -0.3 is 15.2 Å². The van der Waals surface area contributed by atoms with Crippen molar-refractivity contribution in [2.45, 2.75) is 25.4 Å². The summed E-state index contributed by atoms with van der Waals surface area (Å²) in [6, 6.07) is 11.8. The molecule has 0 aliphatic heterocycles. The molecule has 1 amide bonds. The highest BCUT2D eigenvalue weighted by atomic mass is 16.5. The normalized spacial score (nSPS) is 13.0. The Bertz CT molecular complexity index is 834. The molecule has 0 spiro atoms. The fraction of sp³-hybridized carbons (Fsp3) is 0.333. The van der Waals surface area contributed by atoms with Crippen molar-refractivity contribution in [3.63, 3.8) is 0 Å². The van der Waals surface area contributed by atoms with Gasteiger partial charge in [-0.05, 0) is 18.6 Å². The maximum atomic E-state index is 12.5. The molecule has 0 aliphatic rings. The first-order valence-corrected chi connectivity index (χ1v) is 7.98. The Morgan fingerprint density at radius 2 is 1.92 bits per heavy atom. The van der Waals surface area contributed by atoms with Gasteiger partial charge in [-0.25, -0.2) is 4.68 Å². The number of nitrogens with one attached hydrogen (secondary N) is 1. The van der Waals surface area contributed by atoms with E-state index in [0.29, 0.717) is 0 Å². The van der Waals surface area contributed by atoms with Gasteiger partial charge in [0.15, 0.2) is 0 Å². The number of hydrogen-bond donors (Lipinski definition) is 2. The highest BCUT2D eigenvalue weighted by molar-refractivity contribution is 5.92. The lowest BCUT2D eigenvalue weighted by Gasteiger charge is -2.28. The van der Waals surface area contributed by atoms with Crippen LogP contribution in [0.15, 0.2) is 47.3 Å². The molecule has 0 radical (unpaired) electrons. The molecule has 2 rings (SSSR count). The van der Waals surface area contributed by atoms with Crippen LogP contribution in [0.25, 0.3) is 0 Å². The molecule has 8 heteroatoms. The first-order valence-electron chi connectivity index (χ1n) is 7.98. The molecule has 1 heterocycles. The van der Waals surface area contributed by atoms with Gasteiger partial charge in [0.25, 0.3) is 11.5 Å². The number of carboxylic acid groups (broad SMARTS) is 1. The number of methoxy groups -OCH3 is 1. The Balaban J connectivity index is 2.22.